The van der Waals surface area contributed by atoms with Crippen molar-refractivity contribution in [2.24, 2.45) is 0 Å². The summed E-state index contributed by atoms with van der Waals surface area (Å²) in [4.78, 5) is 2.13. The van der Waals surface area contributed by atoms with Gasteiger partial charge in [0.05, 0.1) is 0 Å². The fourth-order valence-corrected chi connectivity index (χ4v) is 1.78. The number of hydrogen-bond donors (Lipinski definition) is 1. The summed E-state index contributed by atoms with van der Waals surface area (Å²) in [5.74, 6) is 1.04. The Morgan fingerprint density at radius 1 is 1.40 bits per heavy atom. The first-order valence-corrected chi connectivity index (χ1v) is 5.40. The third-order valence-corrected chi connectivity index (χ3v) is 2.62. The summed E-state index contributed by atoms with van der Waals surface area (Å²) < 4.78 is 5.78. The molecule has 0 saturated heterocycles. The zero-order valence-corrected chi connectivity index (χ0v) is 9.42. The maximum absolute atomic E-state index is 5.78. The van der Waals surface area contributed by atoms with Crippen LogP contribution in [0.4, 0.5) is 5.69 Å². The third-order valence-electron chi connectivity index (χ3n) is 2.62. The lowest BCUT2D eigenvalue weighted by molar-refractivity contribution is 0.260. The summed E-state index contributed by atoms with van der Waals surface area (Å²) in [7, 11) is 4.11. The van der Waals surface area contributed by atoms with Crippen LogP contribution in [-0.2, 0) is 6.42 Å². The van der Waals surface area contributed by atoms with Crippen molar-refractivity contribution in [3.63, 3.8) is 0 Å². The molecule has 15 heavy (non-hydrogen) atoms. The van der Waals surface area contributed by atoms with Gasteiger partial charge < -0.3 is 15.0 Å². The molecule has 0 fully saturated rings. The highest BCUT2D eigenvalue weighted by Crippen LogP contribution is 2.30. The zero-order chi connectivity index (χ0) is 10.7. The average Bonchev–Trinajstić information content (AvgIpc) is 2.65. The van der Waals surface area contributed by atoms with Crippen LogP contribution < -0.4 is 10.1 Å². The minimum atomic E-state index is 0.753. The molecule has 2 rings (SSSR count). The van der Waals surface area contributed by atoms with Crippen LogP contribution in [0.2, 0.25) is 0 Å². The molecule has 0 unspecified atom stereocenters. The molecule has 1 heterocycles. The molecule has 1 aliphatic rings. The fraction of sp³-hybridized carbons (Fsp3) is 0.500. The molecule has 0 amide bonds. The second-order valence-electron chi connectivity index (χ2n) is 4.11. The Kier molecular flexibility index (Phi) is 3.11. The van der Waals surface area contributed by atoms with Gasteiger partial charge in [0.25, 0.3) is 0 Å². The van der Waals surface area contributed by atoms with Gasteiger partial charge in [-0.05, 0) is 32.6 Å². The van der Waals surface area contributed by atoms with E-state index in [0.29, 0.717) is 0 Å². The number of hydrogen-bond acceptors (Lipinski definition) is 3. The second-order valence-corrected chi connectivity index (χ2v) is 4.11. The van der Waals surface area contributed by atoms with E-state index in [9.17, 15) is 0 Å². The first kappa shape index (κ1) is 10.3. The lowest BCUT2D eigenvalue weighted by Gasteiger charge is -2.13. The van der Waals surface area contributed by atoms with Gasteiger partial charge in [-0.25, -0.2) is 0 Å². The summed E-state index contributed by atoms with van der Waals surface area (Å²) in [6.07, 6.45) is 1.08. The van der Waals surface area contributed by atoms with E-state index in [0.717, 1.165) is 31.9 Å². The summed E-state index contributed by atoms with van der Waals surface area (Å²) in [5.41, 5.74) is 2.56. The lowest BCUT2D eigenvalue weighted by atomic mass is 10.1. The Balaban J connectivity index is 2.00. The molecule has 82 valence electrons. The number of rotatable bonds is 4. The molecule has 1 N–H and O–H groups in total. The van der Waals surface area contributed by atoms with E-state index in [1.807, 2.05) is 6.07 Å². The molecule has 0 bridgehead atoms. The van der Waals surface area contributed by atoms with Crippen LogP contribution in [0.5, 0.6) is 5.75 Å². The monoisotopic (exact) mass is 206 g/mol. The first-order valence-electron chi connectivity index (χ1n) is 5.40. The van der Waals surface area contributed by atoms with E-state index in [1.165, 1.54) is 11.3 Å². The molecule has 0 atom stereocenters. The minimum Gasteiger partial charge on any atom is -0.492 e. The van der Waals surface area contributed by atoms with Crippen LogP contribution >= 0.6 is 0 Å². The van der Waals surface area contributed by atoms with Crippen LogP contribution in [0.25, 0.3) is 0 Å². The van der Waals surface area contributed by atoms with E-state index in [1.54, 1.807) is 0 Å². The van der Waals surface area contributed by atoms with Gasteiger partial charge in [-0.1, -0.05) is 6.07 Å². The maximum atomic E-state index is 5.78. The predicted molar refractivity (Wildman–Crippen MR) is 62.7 cm³/mol. The highest BCUT2D eigenvalue weighted by atomic mass is 16.5. The van der Waals surface area contributed by atoms with Crippen molar-refractivity contribution >= 4 is 5.69 Å². The molecule has 3 nitrogen and oxygen atoms in total. The van der Waals surface area contributed by atoms with Crippen LogP contribution in [0.15, 0.2) is 18.2 Å². The molecule has 0 radical (unpaired) electrons. The predicted octanol–water partition coefficient (Wildman–Crippen LogP) is 1.59. The number of nitrogens with zero attached hydrogens (tertiary/aromatic N) is 1. The van der Waals surface area contributed by atoms with E-state index >= 15 is 0 Å². The van der Waals surface area contributed by atoms with Crippen molar-refractivity contribution in [3.05, 3.63) is 23.8 Å². The number of likely N-dealkylation sites (N-methyl/N-ethyl adjacent to an activating group) is 1. The number of nitrogens with one attached hydrogen (secondary N) is 1. The van der Waals surface area contributed by atoms with Crippen molar-refractivity contribution in [3.8, 4) is 5.75 Å². The Bertz CT molecular complexity index is 336. The summed E-state index contributed by atoms with van der Waals surface area (Å²) in [6.45, 7) is 2.74. The Labute approximate surface area is 91.0 Å². The van der Waals surface area contributed by atoms with Gasteiger partial charge in [-0.3, -0.25) is 0 Å². The molecule has 0 aromatic heterocycles. The smallest absolute Gasteiger partial charge is 0.124 e. The summed E-state index contributed by atoms with van der Waals surface area (Å²) in [6, 6.07) is 6.21. The van der Waals surface area contributed by atoms with Gasteiger partial charge in [0.1, 0.15) is 12.4 Å². The molecule has 1 aliphatic heterocycles. The quantitative estimate of drug-likeness (QED) is 0.809. The standard InChI is InChI=1S/C12H18N2O/c1-14(2)8-9-15-12-5-3-4-11-10(12)6-7-13-11/h3-5,13H,6-9H2,1-2H3. The molecular weight excluding hydrogens is 188 g/mol. The van der Waals surface area contributed by atoms with E-state index in [-0.39, 0.29) is 0 Å². The minimum absolute atomic E-state index is 0.753. The summed E-state index contributed by atoms with van der Waals surface area (Å²) in [5, 5.41) is 3.35. The summed E-state index contributed by atoms with van der Waals surface area (Å²) >= 11 is 0. The largest absolute Gasteiger partial charge is 0.492 e. The highest BCUT2D eigenvalue weighted by Gasteiger charge is 2.14. The third kappa shape index (κ3) is 2.42. The van der Waals surface area contributed by atoms with E-state index in [4.69, 9.17) is 4.74 Å². The van der Waals surface area contributed by atoms with Crippen LogP contribution in [0, 0.1) is 0 Å². The van der Waals surface area contributed by atoms with E-state index < -0.39 is 0 Å². The van der Waals surface area contributed by atoms with Crippen LogP contribution in [0.3, 0.4) is 0 Å². The van der Waals surface area contributed by atoms with Crippen molar-refractivity contribution < 1.29 is 4.74 Å². The number of anilines is 1. The number of fused-ring (bicyclic) bond motifs is 1. The van der Waals surface area contributed by atoms with Crippen LogP contribution in [-0.4, -0.2) is 38.7 Å². The van der Waals surface area contributed by atoms with Crippen molar-refractivity contribution in [2.45, 2.75) is 6.42 Å². The number of ether oxygens (including phenoxy) is 1. The van der Waals surface area contributed by atoms with E-state index in [2.05, 4.69) is 36.4 Å². The molecule has 0 spiro atoms. The SMILES string of the molecule is CN(C)CCOc1cccc2c1CCN2. The average molecular weight is 206 g/mol. The molecular formula is C12H18N2O. The molecule has 1 aromatic carbocycles. The Morgan fingerprint density at radius 2 is 2.27 bits per heavy atom. The van der Waals surface area contributed by atoms with Gasteiger partial charge >= 0.3 is 0 Å². The second kappa shape index (κ2) is 4.53. The Hall–Kier alpha value is -1.22. The molecule has 1 aromatic rings. The van der Waals surface area contributed by atoms with Crippen molar-refractivity contribution in [1.82, 2.24) is 4.90 Å². The van der Waals surface area contributed by atoms with Gasteiger partial charge in [0.2, 0.25) is 0 Å². The molecule has 0 aliphatic carbocycles. The lowest BCUT2D eigenvalue weighted by Crippen LogP contribution is -2.19. The maximum Gasteiger partial charge on any atom is 0.124 e. The van der Waals surface area contributed by atoms with Crippen molar-refractivity contribution in [1.29, 1.82) is 0 Å². The fourth-order valence-electron chi connectivity index (χ4n) is 1.78. The Morgan fingerprint density at radius 3 is 3.07 bits per heavy atom. The normalized spacial score (nSPS) is 13.8. The van der Waals surface area contributed by atoms with Crippen LogP contribution in [0.1, 0.15) is 5.56 Å². The van der Waals surface area contributed by atoms with Gasteiger partial charge in [0, 0.05) is 24.3 Å². The van der Waals surface area contributed by atoms with Gasteiger partial charge in [-0.15, -0.1) is 0 Å². The molecule has 0 saturated carbocycles. The molecule has 3 heteroatoms. The zero-order valence-electron chi connectivity index (χ0n) is 9.42. The topological polar surface area (TPSA) is 24.5 Å². The van der Waals surface area contributed by atoms with Gasteiger partial charge in [0.15, 0.2) is 0 Å². The van der Waals surface area contributed by atoms with Gasteiger partial charge in [-0.2, -0.15) is 0 Å². The first-order chi connectivity index (χ1) is 7.27. The number of benzene rings is 1. The van der Waals surface area contributed by atoms with Crippen molar-refractivity contribution in [2.75, 3.05) is 39.1 Å². The highest BCUT2D eigenvalue weighted by molar-refractivity contribution is 5.61.